The number of nitrogens with one attached hydrogen (secondary N) is 1. The first-order valence-corrected chi connectivity index (χ1v) is 5.35. The third-order valence-corrected chi connectivity index (χ3v) is 2.73. The van der Waals surface area contributed by atoms with Crippen molar-refractivity contribution in [2.45, 2.75) is 6.04 Å². The maximum Gasteiger partial charge on any atom is 0.200 e. The van der Waals surface area contributed by atoms with Gasteiger partial charge in [0, 0.05) is 13.2 Å². The molecule has 108 valence electrons. The average Bonchev–Trinajstić information content (AvgIpc) is 2.85. The molecule has 4 nitrogen and oxygen atoms in total. The molecule has 0 spiro atoms. The summed E-state index contributed by atoms with van der Waals surface area (Å²) in [6.07, 6.45) is 1.44. The second-order valence-electron chi connectivity index (χ2n) is 4.00. The van der Waals surface area contributed by atoms with Gasteiger partial charge in [-0.3, -0.25) is 10.5 Å². The van der Waals surface area contributed by atoms with Crippen molar-refractivity contribution in [3.05, 3.63) is 52.6 Å². The molecule has 3 N–H and O–H groups in total. The first-order valence-electron chi connectivity index (χ1n) is 5.35. The van der Waals surface area contributed by atoms with E-state index in [1.165, 1.54) is 24.0 Å². The summed E-state index contributed by atoms with van der Waals surface area (Å²) >= 11 is 0. The van der Waals surface area contributed by atoms with Crippen LogP contribution in [0.4, 0.5) is 22.0 Å². The van der Waals surface area contributed by atoms with Crippen LogP contribution in [0.3, 0.4) is 0 Å². The number of aryl methyl sites for hydroxylation is 1. The van der Waals surface area contributed by atoms with Crippen LogP contribution in [-0.2, 0) is 7.05 Å². The summed E-state index contributed by atoms with van der Waals surface area (Å²) in [5, 5.41) is 3.82. The standard InChI is InChI=1S/C11H9F5N4/c1-20-3-2-4(19-20)11(18-17)5-6(12)8(14)10(16)9(15)7(5)13/h2-3,11,18H,17H2,1H3. The van der Waals surface area contributed by atoms with Gasteiger partial charge in [0.25, 0.3) is 0 Å². The Balaban J connectivity index is 2.67. The highest BCUT2D eigenvalue weighted by molar-refractivity contribution is 5.32. The van der Waals surface area contributed by atoms with E-state index in [1.807, 2.05) is 5.43 Å². The lowest BCUT2D eigenvalue weighted by Gasteiger charge is -2.16. The topological polar surface area (TPSA) is 55.9 Å². The van der Waals surface area contributed by atoms with Gasteiger partial charge in [0.2, 0.25) is 5.82 Å². The van der Waals surface area contributed by atoms with E-state index >= 15 is 0 Å². The zero-order valence-corrected chi connectivity index (χ0v) is 10.1. The van der Waals surface area contributed by atoms with Crippen LogP contribution < -0.4 is 11.3 Å². The van der Waals surface area contributed by atoms with E-state index in [9.17, 15) is 22.0 Å². The second kappa shape index (κ2) is 5.17. The molecular formula is C11H9F5N4. The number of hydrazine groups is 1. The zero-order valence-electron chi connectivity index (χ0n) is 10.1. The lowest BCUT2D eigenvalue weighted by atomic mass is 10.0. The molecule has 0 aliphatic carbocycles. The highest BCUT2D eigenvalue weighted by atomic mass is 19.2. The molecule has 0 radical (unpaired) electrons. The van der Waals surface area contributed by atoms with Gasteiger partial charge >= 0.3 is 0 Å². The van der Waals surface area contributed by atoms with Gasteiger partial charge in [-0.25, -0.2) is 27.4 Å². The quantitative estimate of drug-likeness (QED) is 0.297. The van der Waals surface area contributed by atoms with Crippen molar-refractivity contribution in [3.8, 4) is 0 Å². The fourth-order valence-electron chi connectivity index (χ4n) is 1.78. The Morgan fingerprint density at radius 3 is 1.95 bits per heavy atom. The normalized spacial score (nSPS) is 12.8. The third kappa shape index (κ3) is 2.14. The summed E-state index contributed by atoms with van der Waals surface area (Å²) in [4.78, 5) is 0. The predicted molar refractivity (Wildman–Crippen MR) is 58.6 cm³/mol. The van der Waals surface area contributed by atoms with Gasteiger partial charge in [-0.2, -0.15) is 5.10 Å². The maximum atomic E-state index is 13.7. The summed E-state index contributed by atoms with van der Waals surface area (Å²) in [6.45, 7) is 0. The third-order valence-electron chi connectivity index (χ3n) is 2.73. The summed E-state index contributed by atoms with van der Waals surface area (Å²) in [7, 11) is 1.52. The highest BCUT2D eigenvalue weighted by Gasteiger charge is 2.31. The van der Waals surface area contributed by atoms with E-state index in [2.05, 4.69) is 5.10 Å². The van der Waals surface area contributed by atoms with Crippen molar-refractivity contribution in [1.29, 1.82) is 0 Å². The Morgan fingerprint density at radius 2 is 1.55 bits per heavy atom. The van der Waals surface area contributed by atoms with Gasteiger partial charge in [-0.15, -0.1) is 0 Å². The molecule has 0 aliphatic heterocycles. The van der Waals surface area contributed by atoms with E-state index < -0.39 is 40.7 Å². The van der Waals surface area contributed by atoms with Gasteiger partial charge in [0.05, 0.1) is 17.3 Å². The Morgan fingerprint density at radius 1 is 1.05 bits per heavy atom. The van der Waals surface area contributed by atoms with Crippen LogP contribution in [0.15, 0.2) is 12.3 Å². The van der Waals surface area contributed by atoms with Gasteiger partial charge in [0.15, 0.2) is 23.3 Å². The molecular weight excluding hydrogens is 283 g/mol. The Hall–Kier alpha value is -2.00. The van der Waals surface area contributed by atoms with Crippen LogP contribution in [0.25, 0.3) is 0 Å². The maximum absolute atomic E-state index is 13.7. The number of rotatable bonds is 3. The van der Waals surface area contributed by atoms with Crippen LogP contribution in [0.1, 0.15) is 17.3 Å². The van der Waals surface area contributed by atoms with E-state index in [0.29, 0.717) is 0 Å². The SMILES string of the molecule is Cn1ccc(C(NN)c2c(F)c(F)c(F)c(F)c2F)n1. The first-order chi connectivity index (χ1) is 9.38. The fourth-order valence-corrected chi connectivity index (χ4v) is 1.78. The molecule has 2 aromatic rings. The van der Waals surface area contributed by atoms with Crippen molar-refractivity contribution in [2.24, 2.45) is 12.9 Å². The number of hydrogen-bond donors (Lipinski definition) is 2. The molecule has 1 aromatic carbocycles. The van der Waals surface area contributed by atoms with Crippen molar-refractivity contribution >= 4 is 0 Å². The van der Waals surface area contributed by atoms with Crippen LogP contribution in [0.5, 0.6) is 0 Å². The fraction of sp³-hybridized carbons (Fsp3) is 0.182. The van der Waals surface area contributed by atoms with E-state index in [4.69, 9.17) is 5.84 Å². The van der Waals surface area contributed by atoms with Crippen molar-refractivity contribution < 1.29 is 22.0 Å². The number of hydrogen-bond acceptors (Lipinski definition) is 3. The van der Waals surface area contributed by atoms with Crippen molar-refractivity contribution in [2.75, 3.05) is 0 Å². The number of nitrogens with zero attached hydrogens (tertiary/aromatic N) is 2. The van der Waals surface area contributed by atoms with E-state index in [1.54, 1.807) is 0 Å². The van der Waals surface area contributed by atoms with E-state index in [0.717, 1.165) is 0 Å². The van der Waals surface area contributed by atoms with Crippen molar-refractivity contribution in [3.63, 3.8) is 0 Å². The lowest BCUT2D eigenvalue weighted by molar-refractivity contribution is 0.361. The smallest absolute Gasteiger partial charge is 0.200 e. The number of nitrogens with two attached hydrogens (primary N) is 1. The average molecular weight is 292 g/mol. The number of halogens is 5. The van der Waals surface area contributed by atoms with Crippen LogP contribution in [0.2, 0.25) is 0 Å². The zero-order chi connectivity index (χ0) is 15.0. The van der Waals surface area contributed by atoms with Gasteiger partial charge in [-0.1, -0.05) is 0 Å². The Bertz CT molecular complexity index is 625. The minimum absolute atomic E-state index is 0.0122. The molecule has 0 saturated heterocycles. The van der Waals surface area contributed by atoms with Gasteiger partial charge in [-0.05, 0) is 6.07 Å². The molecule has 0 saturated carbocycles. The van der Waals surface area contributed by atoms with Crippen LogP contribution >= 0.6 is 0 Å². The number of benzene rings is 1. The summed E-state index contributed by atoms with van der Waals surface area (Å²) in [6, 6.07) is -0.136. The molecule has 1 aromatic heterocycles. The molecule has 1 atom stereocenters. The molecule has 1 heterocycles. The molecule has 2 rings (SSSR count). The van der Waals surface area contributed by atoms with Crippen molar-refractivity contribution in [1.82, 2.24) is 15.2 Å². The number of aromatic nitrogens is 2. The largest absolute Gasteiger partial charge is 0.275 e. The van der Waals surface area contributed by atoms with Crippen LogP contribution in [0, 0.1) is 29.1 Å². The molecule has 0 amide bonds. The summed E-state index contributed by atoms with van der Waals surface area (Å²) < 4.78 is 68.0. The first kappa shape index (κ1) is 14.4. The predicted octanol–water partition coefficient (Wildman–Crippen LogP) is 1.67. The molecule has 0 bridgehead atoms. The highest BCUT2D eigenvalue weighted by Crippen LogP contribution is 2.30. The molecule has 0 aliphatic rings. The molecule has 20 heavy (non-hydrogen) atoms. The van der Waals surface area contributed by atoms with E-state index in [-0.39, 0.29) is 5.69 Å². The van der Waals surface area contributed by atoms with Gasteiger partial charge in [0.1, 0.15) is 0 Å². The lowest BCUT2D eigenvalue weighted by Crippen LogP contribution is -2.31. The molecule has 9 heteroatoms. The van der Waals surface area contributed by atoms with Gasteiger partial charge < -0.3 is 0 Å². The monoisotopic (exact) mass is 292 g/mol. The summed E-state index contributed by atoms with van der Waals surface area (Å²) in [5.74, 6) is -5.03. The molecule has 1 unspecified atom stereocenters. The minimum Gasteiger partial charge on any atom is -0.275 e. The molecule has 0 fully saturated rings. The minimum atomic E-state index is -2.22. The summed E-state index contributed by atoms with van der Waals surface area (Å²) in [5.41, 5.74) is 0.923. The Labute approximate surface area is 110 Å². The Kier molecular flexibility index (Phi) is 3.73. The van der Waals surface area contributed by atoms with Crippen LogP contribution in [-0.4, -0.2) is 9.78 Å². The second-order valence-corrected chi connectivity index (χ2v) is 4.00.